The van der Waals surface area contributed by atoms with Crippen molar-refractivity contribution < 1.29 is 8.42 Å². The van der Waals surface area contributed by atoms with Crippen LogP contribution in [0.1, 0.15) is 6.92 Å². The van der Waals surface area contributed by atoms with Gasteiger partial charge in [-0.3, -0.25) is 0 Å². The summed E-state index contributed by atoms with van der Waals surface area (Å²) in [7, 11) is -1.52. The van der Waals surface area contributed by atoms with Crippen LogP contribution < -0.4 is 5.32 Å². The van der Waals surface area contributed by atoms with Crippen molar-refractivity contribution in [2.45, 2.75) is 11.8 Å². The normalized spacial score (nSPS) is 11.2. The molecule has 1 aromatic heterocycles. The van der Waals surface area contributed by atoms with Gasteiger partial charge >= 0.3 is 0 Å². The zero-order valence-corrected chi connectivity index (χ0v) is 8.43. The van der Waals surface area contributed by atoms with E-state index in [2.05, 4.69) is 10.3 Å². The molecule has 0 aliphatic carbocycles. The highest BCUT2D eigenvalue weighted by Crippen LogP contribution is 2.18. The van der Waals surface area contributed by atoms with Gasteiger partial charge in [-0.25, -0.2) is 13.4 Å². The smallest absolute Gasteiger partial charge is 0.181 e. The maximum atomic E-state index is 11.5. The van der Waals surface area contributed by atoms with E-state index in [0.717, 1.165) is 0 Å². The van der Waals surface area contributed by atoms with E-state index >= 15 is 0 Å². The van der Waals surface area contributed by atoms with Gasteiger partial charge in [-0.15, -0.1) is 0 Å². The molecule has 0 bridgehead atoms. The molecule has 1 rings (SSSR count). The Kier molecular flexibility index (Phi) is 2.87. The molecule has 0 aromatic carbocycles. The van der Waals surface area contributed by atoms with Crippen molar-refractivity contribution in [1.82, 2.24) is 4.98 Å². The number of aromatic nitrogens is 1. The van der Waals surface area contributed by atoms with Crippen LogP contribution in [-0.4, -0.2) is 26.2 Å². The number of sulfone groups is 1. The molecule has 0 atom stereocenters. The molecule has 0 fully saturated rings. The number of hydrogen-bond acceptors (Lipinski definition) is 4. The second kappa shape index (κ2) is 3.74. The molecular formula is C8H12N2O2S. The zero-order chi connectivity index (χ0) is 9.90. The Balaban J connectivity index is 3.29. The highest BCUT2D eigenvalue weighted by molar-refractivity contribution is 7.91. The van der Waals surface area contributed by atoms with E-state index in [9.17, 15) is 8.42 Å². The summed E-state index contributed by atoms with van der Waals surface area (Å²) >= 11 is 0. The van der Waals surface area contributed by atoms with Gasteiger partial charge in [0.25, 0.3) is 0 Å². The lowest BCUT2D eigenvalue weighted by molar-refractivity contribution is 0.597. The number of anilines is 1. The largest absolute Gasteiger partial charge is 0.372 e. The molecule has 1 heterocycles. The first kappa shape index (κ1) is 9.98. The number of nitrogens with one attached hydrogen (secondary N) is 1. The molecule has 72 valence electrons. The second-order valence-electron chi connectivity index (χ2n) is 2.50. The molecule has 4 nitrogen and oxygen atoms in total. The van der Waals surface area contributed by atoms with Crippen molar-refractivity contribution in [2.24, 2.45) is 0 Å². The monoisotopic (exact) mass is 200 g/mol. The topological polar surface area (TPSA) is 59.1 Å². The molecule has 0 spiro atoms. The van der Waals surface area contributed by atoms with Crippen LogP contribution in [-0.2, 0) is 9.84 Å². The molecule has 1 aromatic rings. The zero-order valence-electron chi connectivity index (χ0n) is 7.61. The Morgan fingerprint density at radius 3 is 2.77 bits per heavy atom. The van der Waals surface area contributed by atoms with Gasteiger partial charge < -0.3 is 5.32 Å². The molecule has 0 unspecified atom stereocenters. The van der Waals surface area contributed by atoms with Crippen molar-refractivity contribution in [3.63, 3.8) is 0 Å². The van der Waals surface area contributed by atoms with Crippen LogP contribution >= 0.6 is 0 Å². The van der Waals surface area contributed by atoms with Crippen LogP contribution in [0.15, 0.2) is 23.2 Å². The van der Waals surface area contributed by atoms with Crippen molar-refractivity contribution in [3.8, 4) is 0 Å². The first-order valence-electron chi connectivity index (χ1n) is 3.97. The lowest BCUT2D eigenvalue weighted by atomic mass is 10.5. The Morgan fingerprint density at radius 1 is 1.54 bits per heavy atom. The minimum Gasteiger partial charge on any atom is -0.372 e. The third-order valence-corrected chi connectivity index (χ3v) is 3.48. The summed E-state index contributed by atoms with van der Waals surface area (Å²) in [6, 6.07) is 3.17. The lowest BCUT2D eigenvalue weighted by Gasteiger charge is -2.06. The highest BCUT2D eigenvalue weighted by atomic mass is 32.2. The van der Waals surface area contributed by atoms with E-state index < -0.39 is 9.84 Å². The summed E-state index contributed by atoms with van der Waals surface area (Å²) in [5.74, 6) is 0.497. The fourth-order valence-corrected chi connectivity index (χ4v) is 2.03. The highest BCUT2D eigenvalue weighted by Gasteiger charge is 2.15. The Hall–Kier alpha value is -1.10. The summed E-state index contributed by atoms with van der Waals surface area (Å²) < 4.78 is 23.0. The first-order chi connectivity index (χ1) is 6.11. The van der Waals surface area contributed by atoms with Crippen molar-refractivity contribution in [1.29, 1.82) is 0 Å². The average Bonchev–Trinajstić information content (AvgIpc) is 2.18. The second-order valence-corrected chi connectivity index (χ2v) is 4.75. The van der Waals surface area contributed by atoms with Crippen molar-refractivity contribution >= 4 is 15.7 Å². The average molecular weight is 200 g/mol. The Labute approximate surface area is 77.9 Å². The summed E-state index contributed by atoms with van der Waals surface area (Å²) in [6.07, 6.45) is 1.56. The number of hydrogen-bond donors (Lipinski definition) is 1. The maximum absolute atomic E-state index is 11.5. The molecule has 0 aliphatic heterocycles. The van der Waals surface area contributed by atoms with Crippen molar-refractivity contribution in [2.75, 3.05) is 18.1 Å². The van der Waals surface area contributed by atoms with Crippen LogP contribution in [0.2, 0.25) is 0 Å². The number of nitrogens with zero attached hydrogens (tertiary/aromatic N) is 1. The third kappa shape index (κ3) is 1.98. The van der Waals surface area contributed by atoms with E-state index in [4.69, 9.17) is 0 Å². The fraction of sp³-hybridized carbons (Fsp3) is 0.375. The Morgan fingerprint density at radius 2 is 2.23 bits per heavy atom. The summed E-state index contributed by atoms with van der Waals surface area (Å²) in [4.78, 5) is 4.19. The van der Waals surface area contributed by atoms with Gasteiger partial charge in [-0.05, 0) is 12.1 Å². The van der Waals surface area contributed by atoms with Crippen LogP contribution in [0.5, 0.6) is 0 Å². The maximum Gasteiger partial charge on any atom is 0.181 e. The van der Waals surface area contributed by atoms with Gasteiger partial charge in [0.1, 0.15) is 10.7 Å². The Bertz CT molecular complexity index is 387. The van der Waals surface area contributed by atoms with Crippen LogP contribution in [0.3, 0.4) is 0 Å². The quantitative estimate of drug-likeness (QED) is 0.788. The molecule has 0 amide bonds. The van der Waals surface area contributed by atoms with Gasteiger partial charge in [-0.1, -0.05) is 6.92 Å². The lowest BCUT2D eigenvalue weighted by Crippen LogP contribution is -2.08. The van der Waals surface area contributed by atoms with E-state index in [1.165, 1.54) is 0 Å². The summed E-state index contributed by atoms with van der Waals surface area (Å²) in [5.41, 5.74) is 0. The predicted molar refractivity (Wildman–Crippen MR) is 51.5 cm³/mol. The number of pyridine rings is 1. The molecule has 13 heavy (non-hydrogen) atoms. The summed E-state index contributed by atoms with van der Waals surface area (Å²) in [5, 5.41) is 2.75. The van der Waals surface area contributed by atoms with Gasteiger partial charge in [0.15, 0.2) is 9.84 Å². The van der Waals surface area contributed by atoms with E-state index in [1.807, 2.05) is 0 Å². The van der Waals surface area contributed by atoms with Gasteiger partial charge in [0, 0.05) is 13.2 Å². The van der Waals surface area contributed by atoms with E-state index in [1.54, 1.807) is 32.3 Å². The van der Waals surface area contributed by atoms with E-state index in [-0.39, 0.29) is 10.6 Å². The fourth-order valence-electron chi connectivity index (χ4n) is 0.985. The minimum atomic E-state index is -3.17. The molecular weight excluding hydrogens is 188 g/mol. The van der Waals surface area contributed by atoms with Gasteiger partial charge in [0.05, 0.1) is 5.75 Å². The van der Waals surface area contributed by atoms with Gasteiger partial charge in [-0.2, -0.15) is 0 Å². The predicted octanol–water partition coefficient (Wildman–Crippen LogP) is 0.917. The molecule has 0 saturated heterocycles. The summed E-state index contributed by atoms with van der Waals surface area (Å²) in [6.45, 7) is 1.61. The molecule has 0 saturated carbocycles. The van der Waals surface area contributed by atoms with Crippen molar-refractivity contribution in [3.05, 3.63) is 18.3 Å². The molecule has 0 aliphatic rings. The number of rotatable bonds is 3. The molecule has 0 radical (unpaired) electrons. The SMILES string of the molecule is CCS(=O)(=O)c1cccnc1NC. The minimum absolute atomic E-state index is 0.0906. The first-order valence-corrected chi connectivity index (χ1v) is 5.62. The van der Waals surface area contributed by atoms with Gasteiger partial charge in [0.2, 0.25) is 0 Å². The van der Waals surface area contributed by atoms with Crippen LogP contribution in [0, 0.1) is 0 Å². The molecule has 5 heteroatoms. The van der Waals surface area contributed by atoms with E-state index in [0.29, 0.717) is 5.82 Å². The van der Waals surface area contributed by atoms with Crippen LogP contribution in [0.4, 0.5) is 5.82 Å². The third-order valence-electron chi connectivity index (χ3n) is 1.72. The van der Waals surface area contributed by atoms with Crippen LogP contribution in [0.25, 0.3) is 0 Å². The standard InChI is InChI=1S/C8H12N2O2S/c1-3-13(11,12)7-5-4-6-10-8(7)9-2/h4-6H,3H2,1-2H3,(H,9,10). The molecule has 1 N–H and O–H groups in total.